The van der Waals surface area contributed by atoms with Crippen LogP contribution in [-0.4, -0.2) is 24.8 Å². The largest absolute Gasteiger partial charge is 0.391 e. The molecule has 0 aliphatic rings. The Morgan fingerprint density at radius 3 is 2.16 bits per heavy atom. The zero-order chi connectivity index (χ0) is 13.7. The monoisotopic (exact) mass is 275 g/mol. The van der Waals surface area contributed by atoms with Crippen molar-refractivity contribution in [3.8, 4) is 0 Å². The van der Waals surface area contributed by atoms with Gasteiger partial charge in [0.2, 0.25) is 0 Å². The summed E-state index contributed by atoms with van der Waals surface area (Å²) in [6, 6.07) is 17.7. The molecule has 2 nitrogen and oxygen atoms in total. The molecular formula is C16H18ClNO. The van der Waals surface area contributed by atoms with E-state index in [1.807, 2.05) is 61.6 Å². The van der Waals surface area contributed by atoms with Gasteiger partial charge in [0.1, 0.15) is 0 Å². The first-order valence-electron chi connectivity index (χ1n) is 6.35. The zero-order valence-electron chi connectivity index (χ0n) is 10.9. The van der Waals surface area contributed by atoms with Crippen molar-refractivity contribution in [2.45, 2.75) is 12.0 Å². The second-order valence-corrected chi connectivity index (χ2v) is 5.00. The minimum Gasteiger partial charge on any atom is -0.391 e. The highest BCUT2D eigenvalue weighted by atomic mass is 35.5. The molecule has 0 aliphatic carbocycles. The predicted molar refractivity (Wildman–Crippen MR) is 79.7 cm³/mol. The summed E-state index contributed by atoms with van der Waals surface area (Å²) in [5.41, 5.74) is 2.17. The van der Waals surface area contributed by atoms with Crippen molar-refractivity contribution in [3.63, 3.8) is 0 Å². The van der Waals surface area contributed by atoms with Crippen molar-refractivity contribution in [3.05, 3.63) is 70.7 Å². The molecule has 100 valence electrons. The van der Waals surface area contributed by atoms with E-state index in [0.717, 1.165) is 11.1 Å². The first-order valence-corrected chi connectivity index (χ1v) is 6.73. The lowest BCUT2D eigenvalue weighted by molar-refractivity contribution is 0.156. The Morgan fingerprint density at radius 1 is 1.00 bits per heavy atom. The Bertz CT molecular complexity index is 498. The van der Waals surface area contributed by atoms with Gasteiger partial charge in [0.05, 0.1) is 6.10 Å². The van der Waals surface area contributed by atoms with E-state index >= 15 is 0 Å². The van der Waals surface area contributed by atoms with Crippen LogP contribution < -0.4 is 5.32 Å². The maximum Gasteiger partial charge on any atom is 0.0773 e. The predicted octanol–water partition coefficient (Wildman–Crippen LogP) is 3.05. The topological polar surface area (TPSA) is 32.3 Å². The van der Waals surface area contributed by atoms with E-state index < -0.39 is 6.10 Å². The second-order valence-electron chi connectivity index (χ2n) is 4.56. The van der Waals surface area contributed by atoms with Crippen LogP contribution in [0.3, 0.4) is 0 Å². The SMILES string of the molecule is CNCC(O)C(c1ccccc1)c1ccc(Cl)cc1. The first kappa shape index (κ1) is 14.1. The molecule has 2 N–H and O–H groups in total. The molecule has 19 heavy (non-hydrogen) atoms. The summed E-state index contributed by atoms with van der Waals surface area (Å²) in [7, 11) is 1.84. The molecule has 3 heteroatoms. The molecule has 0 saturated heterocycles. The van der Waals surface area contributed by atoms with Crippen molar-refractivity contribution in [1.82, 2.24) is 5.32 Å². The van der Waals surface area contributed by atoms with Crippen LogP contribution in [0.4, 0.5) is 0 Å². The summed E-state index contributed by atoms with van der Waals surface area (Å²) in [5, 5.41) is 14.1. The number of halogens is 1. The molecular weight excluding hydrogens is 258 g/mol. The van der Waals surface area contributed by atoms with Crippen molar-refractivity contribution < 1.29 is 5.11 Å². The quantitative estimate of drug-likeness (QED) is 0.879. The molecule has 0 aromatic heterocycles. The van der Waals surface area contributed by atoms with E-state index in [-0.39, 0.29) is 5.92 Å². The fraction of sp³-hybridized carbons (Fsp3) is 0.250. The third-order valence-corrected chi connectivity index (χ3v) is 3.44. The molecule has 0 radical (unpaired) electrons. The molecule has 2 aromatic carbocycles. The average molecular weight is 276 g/mol. The number of likely N-dealkylation sites (N-methyl/N-ethyl adjacent to an activating group) is 1. The minimum atomic E-state index is -0.478. The van der Waals surface area contributed by atoms with E-state index in [2.05, 4.69) is 5.32 Å². The lowest BCUT2D eigenvalue weighted by Crippen LogP contribution is -2.30. The van der Waals surface area contributed by atoms with Gasteiger partial charge in [0.25, 0.3) is 0 Å². The van der Waals surface area contributed by atoms with Crippen molar-refractivity contribution in [2.24, 2.45) is 0 Å². The molecule has 0 amide bonds. The summed E-state index contributed by atoms with van der Waals surface area (Å²) >= 11 is 5.93. The van der Waals surface area contributed by atoms with Gasteiger partial charge in [-0.2, -0.15) is 0 Å². The van der Waals surface area contributed by atoms with Crippen LogP contribution in [0.2, 0.25) is 5.02 Å². The highest BCUT2D eigenvalue weighted by Gasteiger charge is 2.22. The molecule has 0 heterocycles. The van der Waals surface area contributed by atoms with Crippen LogP contribution in [0.25, 0.3) is 0 Å². The minimum absolute atomic E-state index is 0.0501. The Kier molecular flexibility index (Phi) is 4.97. The molecule has 2 unspecified atom stereocenters. The summed E-state index contributed by atoms with van der Waals surface area (Å²) in [5.74, 6) is -0.0501. The summed E-state index contributed by atoms with van der Waals surface area (Å²) in [6.45, 7) is 0.544. The number of aliphatic hydroxyl groups is 1. The molecule has 0 fully saturated rings. The first-order chi connectivity index (χ1) is 9.22. The van der Waals surface area contributed by atoms with Gasteiger partial charge in [-0.3, -0.25) is 0 Å². The van der Waals surface area contributed by atoms with E-state index in [1.54, 1.807) is 0 Å². The van der Waals surface area contributed by atoms with Gasteiger partial charge < -0.3 is 10.4 Å². The highest BCUT2D eigenvalue weighted by molar-refractivity contribution is 6.30. The zero-order valence-corrected chi connectivity index (χ0v) is 11.6. The molecule has 0 spiro atoms. The van der Waals surface area contributed by atoms with Gasteiger partial charge in [-0.15, -0.1) is 0 Å². The van der Waals surface area contributed by atoms with Gasteiger partial charge in [0, 0.05) is 17.5 Å². The second kappa shape index (κ2) is 6.71. The van der Waals surface area contributed by atoms with Crippen LogP contribution in [0, 0.1) is 0 Å². The molecule has 0 bridgehead atoms. The Hall–Kier alpha value is -1.35. The fourth-order valence-electron chi connectivity index (χ4n) is 2.29. The normalized spacial score (nSPS) is 14.1. The van der Waals surface area contributed by atoms with E-state index in [9.17, 15) is 5.11 Å². The number of nitrogens with one attached hydrogen (secondary N) is 1. The molecule has 2 atom stereocenters. The Balaban J connectivity index is 2.37. The smallest absolute Gasteiger partial charge is 0.0773 e. The Morgan fingerprint density at radius 2 is 1.58 bits per heavy atom. The number of rotatable bonds is 5. The van der Waals surface area contributed by atoms with Crippen LogP contribution >= 0.6 is 11.6 Å². The maximum absolute atomic E-state index is 10.4. The van der Waals surface area contributed by atoms with Crippen molar-refractivity contribution in [2.75, 3.05) is 13.6 Å². The van der Waals surface area contributed by atoms with Crippen LogP contribution in [0.15, 0.2) is 54.6 Å². The number of hydrogen-bond donors (Lipinski definition) is 2. The lowest BCUT2D eigenvalue weighted by atomic mass is 9.86. The van der Waals surface area contributed by atoms with Gasteiger partial charge in [-0.25, -0.2) is 0 Å². The summed E-state index contributed by atoms with van der Waals surface area (Å²) in [6.07, 6.45) is -0.478. The van der Waals surface area contributed by atoms with Gasteiger partial charge in [-0.1, -0.05) is 54.1 Å². The van der Waals surface area contributed by atoms with E-state index in [4.69, 9.17) is 11.6 Å². The molecule has 0 saturated carbocycles. The average Bonchev–Trinajstić information content (AvgIpc) is 2.43. The number of aliphatic hydroxyl groups excluding tert-OH is 1. The van der Waals surface area contributed by atoms with Crippen LogP contribution in [0.5, 0.6) is 0 Å². The van der Waals surface area contributed by atoms with Crippen LogP contribution in [-0.2, 0) is 0 Å². The highest BCUT2D eigenvalue weighted by Crippen LogP contribution is 2.28. The summed E-state index contributed by atoms with van der Waals surface area (Å²) < 4.78 is 0. The number of hydrogen-bond acceptors (Lipinski definition) is 2. The van der Waals surface area contributed by atoms with Gasteiger partial charge in [0.15, 0.2) is 0 Å². The third kappa shape index (κ3) is 3.57. The van der Waals surface area contributed by atoms with Gasteiger partial charge in [-0.05, 0) is 30.3 Å². The standard InChI is InChI=1S/C16H18ClNO/c1-18-11-15(19)16(12-5-3-2-4-6-12)13-7-9-14(17)10-8-13/h2-10,15-16,18-19H,11H2,1H3. The van der Waals surface area contributed by atoms with Crippen molar-refractivity contribution in [1.29, 1.82) is 0 Å². The molecule has 2 aromatic rings. The van der Waals surface area contributed by atoms with Crippen LogP contribution in [0.1, 0.15) is 17.0 Å². The lowest BCUT2D eigenvalue weighted by Gasteiger charge is -2.24. The molecule has 0 aliphatic heterocycles. The number of benzene rings is 2. The fourth-order valence-corrected chi connectivity index (χ4v) is 2.42. The van der Waals surface area contributed by atoms with E-state index in [1.165, 1.54) is 0 Å². The maximum atomic E-state index is 10.4. The third-order valence-electron chi connectivity index (χ3n) is 3.19. The van der Waals surface area contributed by atoms with Crippen molar-refractivity contribution >= 4 is 11.6 Å². The Labute approximate surface area is 119 Å². The summed E-state index contributed by atoms with van der Waals surface area (Å²) in [4.78, 5) is 0. The molecule has 2 rings (SSSR count). The van der Waals surface area contributed by atoms with Gasteiger partial charge >= 0.3 is 0 Å². The van der Waals surface area contributed by atoms with E-state index in [0.29, 0.717) is 11.6 Å².